The summed E-state index contributed by atoms with van der Waals surface area (Å²) in [5.41, 5.74) is 0.801. The molecule has 0 radical (unpaired) electrons. The summed E-state index contributed by atoms with van der Waals surface area (Å²) in [7, 11) is 0. The van der Waals surface area contributed by atoms with Crippen LogP contribution in [-0.4, -0.2) is 44.4 Å². The molecule has 1 unspecified atom stereocenters. The van der Waals surface area contributed by atoms with Crippen LogP contribution in [0.2, 0.25) is 0 Å². The van der Waals surface area contributed by atoms with Crippen molar-refractivity contribution >= 4 is 16.9 Å². The Kier molecular flexibility index (Phi) is 3.38. The van der Waals surface area contributed by atoms with Gasteiger partial charge in [0.1, 0.15) is 16.9 Å². The number of para-hydroxylation sites is 1. The quantitative estimate of drug-likeness (QED) is 0.751. The molecular formula is C17H18N4O3. The summed E-state index contributed by atoms with van der Waals surface area (Å²) in [6, 6.07) is 7.58. The van der Waals surface area contributed by atoms with Gasteiger partial charge in [-0.25, -0.2) is 0 Å². The standard InChI is InChI=1S/C17H18N4O3/c1-11-12-5-2-3-6-13(12)24-15(11)16(22)21-8-4-7-17(23,10-21)14-9-18-20-19-14/h2-3,5-6,9,23H,4,7-8,10H2,1H3,(H,18,19,20). The van der Waals surface area contributed by atoms with Gasteiger partial charge in [0, 0.05) is 17.5 Å². The number of aromatic nitrogens is 3. The van der Waals surface area contributed by atoms with Gasteiger partial charge in [-0.1, -0.05) is 18.2 Å². The van der Waals surface area contributed by atoms with Crippen LogP contribution in [0.1, 0.15) is 34.7 Å². The molecule has 2 aromatic heterocycles. The summed E-state index contributed by atoms with van der Waals surface area (Å²) >= 11 is 0. The van der Waals surface area contributed by atoms with Crippen LogP contribution in [0.15, 0.2) is 34.9 Å². The fourth-order valence-electron chi connectivity index (χ4n) is 3.37. The highest BCUT2D eigenvalue weighted by Crippen LogP contribution is 2.32. The van der Waals surface area contributed by atoms with Crippen LogP contribution in [0.4, 0.5) is 0 Å². The minimum atomic E-state index is -1.18. The number of piperidine rings is 1. The number of hydrogen-bond donors (Lipinski definition) is 2. The molecule has 3 heterocycles. The van der Waals surface area contributed by atoms with E-state index in [0.29, 0.717) is 36.4 Å². The van der Waals surface area contributed by atoms with Crippen LogP contribution in [0, 0.1) is 6.92 Å². The molecule has 1 fully saturated rings. The Bertz CT molecular complexity index is 887. The number of aromatic amines is 1. The second kappa shape index (κ2) is 5.45. The van der Waals surface area contributed by atoms with E-state index in [4.69, 9.17) is 4.42 Å². The lowest BCUT2D eigenvalue weighted by atomic mass is 9.90. The first-order valence-electron chi connectivity index (χ1n) is 7.94. The Balaban J connectivity index is 1.65. The molecule has 1 amide bonds. The lowest BCUT2D eigenvalue weighted by molar-refractivity contribution is -0.0327. The number of carbonyl (C=O) groups excluding carboxylic acids is 1. The molecule has 1 saturated heterocycles. The number of aryl methyl sites for hydroxylation is 1. The van der Waals surface area contributed by atoms with Gasteiger partial charge in [-0.05, 0) is 25.8 Å². The van der Waals surface area contributed by atoms with Crippen molar-refractivity contribution in [2.45, 2.75) is 25.4 Å². The molecule has 7 heteroatoms. The van der Waals surface area contributed by atoms with Crippen molar-refractivity contribution in [1.29, 1.82) is 0 Å². The number of furan rings is 1. The van der Waals surface area contributed by atoms with Crippen LogP contribution in [0.25, 0.3) is 11.0 Å². The number of rotatable bonds is 2. The fourth-order valence-corrected chi connectivity index (χ4v) is 3.37. The number of H-pyrrole nitrogens is 1. The van der Waals surface area contributed by atoms with Crippen molar-refractivity contribution in [2.24, 2.45) is 0 Å². The number of carbonyl (C=O) groups is 1. The van der Waals surface area contributed by atoms with E-state index in [0.717, 1.165) is 10.9 Å². The second-order valence-corrected chi connectivity index (χ2v) is 6.27. The fraction of sp³-hybridized carbons (Fsp3) is 0.353. The largest absolute Gasteiger partial charge is 0.451 e. The molecule has 0 aliphatic carbocycles. The Labute approximate surface area is 138 Å². The van der Waals surface area contributed by atoms with Crippen molar-refractivity contribution in [3.05, 3.63) is 47.5 Å². The maximum Gasteiger partial charge on any atom is 0.289 e. The summed E-state index contributed by atoms with van der Waals surface area (Å²) in [4.78, 5) is 14.6. The Morgan fingerprint density at radius 2 is 2.25 bits per heavy atom. The number of nitrogens with zero attached hydrogens (tertiary/aromatic N) is 3. The number of nitrogens with one attached hydrogen (secondary N) is 1. The maximum absolute atomic E-state index is 12.9. The predicted molar refractivity (Wildman–Crippen MR) is 86.4 cm³/mol. The minimum absolute atomic E-state index is 0.175. The average Bonchev–Trinajstić information content (AvgIpc) is 3.24. The molecule has 124 valence electrons. The molecule has 3 aromatic rings. The monoisotopic (exact) mass is 326 g/mol. The van der Waals surface area contributed by atoms with E-state index in [1.165, 1.54) is 6.20 Å². The zero-order chi connectivity index (χ0) is 16.7. The van der Waals surface area contributed by atoms with Gasteiger partial charge in [0.15, 0.2) is 5.76 Å². The molecule has 24 heavy (non-hydrogen) atoms. The summed E-state index contributed by atoms with van der Waals surface area (Å²) in [5.74, 6) is 0.130. The van der Waals surface area contributed by atoms with E-state index in [1.807, 2.05) is 31.2 Å². The van der Waals surface area contributed by atoms with Crippen molar-refractivity contribution < 1.29 is 14.3 Å². The van der Waals surface area contributed by atoms with Crippen molar-refractivity contribution in [1.82, 2.24) is 20.3 Å². The van der Waals surface area contributed by atoms with E-state index in [-0.39, 0.29) is 12.5 Å². The Morgan fingerprint density at radius 3 is 3.00 bits per heavy atom. The van der Waals surface area contributed by atoms with E-state index >= 15 is 0 Å². The first kappa shape index (κ1) is 14.9. The number of fused-ring (bicyclic) bond motifs is 1. The molecule has 0 saturated carbocycles. The number of amides is 1. The zero-order valence-electron chi connectivity index (χ0n) is 13.3. The molecular weight excluding hydrogens is 308 g/mol. The molecule has 7 nitrogen and oxygen atoms in total. The van der Waals surface area contributed by atoms with Crippen LogP contribution >= 0.6 is 0 Å². The molecule has 4 rings (SSSR count). The van der Waals surface area contributed by atoms with Crippen molar-refractivity contribution in [3.63, 3.8) is 0 Å². The van der Waals surface area contributed by atoms with Gasteiger partial charge >= 0.3 is 0 Å². The summed E-state index contributed by atoms with van der Waals surface area (Å²) < 4.78 is 5.77. The molecule has 1 aromatic carbocycles. The first-order valence-corrected chi connectivity index (χ1v) is 7.94. The van der Waals surface area contributed by atoms with Crippen molar-refractivity contribution in [2.75, 3.05) is 13.1 Å². The SMILES string of the molecule is Cc1c(C(=O)N2CCCC(O)(c3cn[nH]n3)C2)oc2ccccc12. The number of hydrogen-bond acceptors (Lipinski definition) is 5. The van der Waals surface area contributed by atoms with Crippen LogP contribution in [0.3, 0.4) is 0 Å². The van der Waals surface area contributed by atoms with Gasteiger partial charge in [-0.2, -0.15) is 15.4 Å². The number of β-amino-alcohol motifs (C(OH)–C–C–N with tert-alkyl or cyclic N) is 1. The third-order valence-electron chi connectivity index (χ3n) is 4.69. The minimum Gasteiger partial charge on any atom is -0.451 e. The van der Waals surface area contributed by atoms with Gasteiger partial charge in [-0.3, -0.25) is 4.79 Å². The normalized spacial score (nSPS) is 21.3. The molecule has 1 atom stereocenters. The Hall–Kier alpha value is -2.67. The summed E-state index contributed by atoms with van der Waals surface area (Å²) in [6.07, 6.45) is 2.73. The average molecular weight is 326 g/mol. The topological polar surface area (TPSA) is 95.2 Å². The molecule has 1 aliphatic rings. The lowest BCUT2D eigenvalue weighted by Crippen LogP contribution is -2.48. The zero-order valence-corrected chi connectivity index (χ0v) is 13.3. The van der Waals surface area contributed by atoms with Crippen LogP contribution in [-0.2, 0) is 5.60 Å². The van der Waals surface area contributed by atoms with E-state index in [9.17, 15) is 9.90 Å². The molecule has 0 spiro atoms. The van der Waals surface area contributed by atoms with Gasteiger partial charge in [0.2, 0.25) is 0 Å². The van der Waals surface area contributed by atoms with E-state index in [2.05, 4.69) is 15.4 Å². The van der Waals surface area contributed by atoms with E-state index < -0.39 is 5.60 Å². The van der Waals surface area contributed by atoms with Crippen LogP contribution in [0.5, 0.6) is 0 Å². The summed E-state index contributed by atoms with van der Waals surface area (Å²) in [5, 5.41) is 22.0. The molecule has 0 bridgehead atoms. The summed E-state index contributed by atoms with van der Waals surface area (Å²) in [6.45, 7) is 2.64. The lowest BCUT2D eigenvalue weighted by Gasteiger charge is -2.37. The van der Waals surface area contributed by atoms with E-state index in [1.54, 1.807) is 4.90 Å². The van der Waals surface area contributed by atoms with Gasteiger partial charge in [0.25, 0.3) is 5.91 Å². The number of benzene rings is 1. The second-order valence-electron chi connectivity index (χ2n) is 6.27. The van der Waals surface area contributed by atoms with Crippen molar-refractivity contribution in [3.8, 4) is 0 Å². The molecule has 2 N–H and O–H groups in total. The highest BCUT2D eigenvalue weighted by Gasteiger charge is 2.39. The number of likely N-dealkylation sites (tertiary alicyclic amines) is 1. The third kappa shape index (κ3) is 2.28. The maximum atomic E-state index is 12.9. The van der Waals surface area contributed by atoms with Gasteiger partial charge in [0.05, 0.1) is 12.7 Å². The highest BCUT2D eigenvalue weighted by atomic mass is 16.3. The Morgan fingerprint density at radius 1 is 1.42 bits per heavy atom. The van der Waals surface area contributed by atoms with Gasteiger partial charge < -0.3 is 14.4 Å². The third-order valence-corrected chi connectivity index (χ3v) is 4.69. The molecule has 1 aliphatic heterocycles. The highest BCUT2D eigenvalue weighted by molar-refractivity contribution is 5.99. The number of aliphatic hydroxyl groups is 1. The smallest absolute Gasteiger partial charge is 0.289 e. The van der Waals surface area contributed by atoms with Crippen LogP contribution < -0.4 is 0 Å². The first-order chi connectivity index (χ1) is 11.6. The van der Waals surface area contributed by atoms with Gasteiger partial charge in [-0.15, -0.1) is 0 Å². The predicted octanol–water partition coefficient (Wildman–Crippen LogP) is 1.98.